The van der Waals surface area contributed by atoms with Crippen LogP contribution >= 0.6 is 13.5 Å². The monoisotopic (exact) mass is 176 g/mol. The van der Waals surface area contributed by atoms with Crippen LogP contribution in [0.5, 0.6) is 0 Å². The van der Waals surface area contributed by atoms with Crippen LogP contribution in [0.15, 0.2) is 0 Å². The molecule has 0 rings (SSSR count). The third kappa shape index (κ3) is 102. The van der Waals surface area contributed by atoms with Crippen molar-refractivity contribution in [3.63, 3.8) is 0 Å². The molecule has 0 bridgehead atoms. The van der Waals surface area contributed by atoms with Gasteiger partial charge >= 0.3 is 46.9 Å². The van der Waals surface area contributed by atoms with Crippen LogP contribution in [0.25, 0.3) is 0 Å². The van der Waals surface area contributed by atoms with Gasteiger partial charge in [0.05, 0.1) is 0 Å². The summed E-state index contributed by atoms with van der Waals surface area (Å²) in [5, 5.41) is 0. The molecular weight excluding hydrogens is 174 g/mol. The Hall–Kier alpha value is 1.94. The molecule has 0 atom stereocenters. The van der Waals surface area contributed by atoms with Gasteiger partial charge in [0.15, 0.2) is 0 Å². The van der Waals surface area contributed by atoms with Crippen molar-refractivity contribution >= 4 is 39.9 Å². The molecule has 0 saturated carbocycles. The molecule has 0 saturated heterocycles. The van der Waals surface area contributed by atoms with Gasteiger partial charge in [0, 0.05) is 0 Å². The molecule has 4 nitrogen and oxygen atoms in total. The molecule has 0 N–H and O–H groups in total. The van der Waals surface area contributed by atoms with Crippen LogP contribution in [-0.2, 0) is 0 Å². The molecule has 0 aliphatic rings. The molecule has 0 radical (unpaired) electrons. The summed E-state index contributed by atoms with van der Waals surface area (Å²) >= 11 is 0. The van der Waals surface area contributed by atoms with E-state index in [1.807, 2.05) is 0 Å². The van der Waals surface area contributed by atoms with Crippen LogP contribution < -0.4 is 48.7 Å². The van der Waals surface area contributed by atoms with Gasteiger partial charge in [-0.1, -0.05) is 0 Å². The molecule has 0 aromatic rings. The van der Waals surface area contributed by atoms with Crippen molar-refractivity contribution < 1.29 is 48.7 Å². The first kappa shape index (κ1) is 22.5. The molecule has 0 spiro atoms. The Bertz CT molecular complexity index is 31.5. The van der Waals surface area contributed by atoms with Gasteiger partial charge in [0.1, 0.15) is 0 Å². The van der Waals surface area contributed by atoms with E-state index in [-0.39, 0.29) is 60.4 Å². The fourth-order valence-electron chi connectivity index (χ4n) is 0. The summed E-state index contributed by atoms with van der Waals surface area (Å²) < 4.78 is 0. The van der Waals surface area contributed by atoms with Gasteiger partial charge in [-0.25, -0.2) is 0 Å². The van der Waals surface area contributed by atoms with Crippen molar-refractivity contribution in [2.45, 2.75) is 0 Å². The van der Waals surface area contributed by atoms with Crippen LogP contribution in [0, 0.1) is 0 Å². The predicted molar refractivity (Wildman–Crippen MR) is 21.9 cm³/mol. The fraction of sp³-hybridized carbons (Fsp3) is 0. The Morgan fingerprint density at radius 3 is 0.875 bits per heavy atom. The van der Waals surface area contributed by atoms with Crippen LogP contribution in [0.1, 0.15) is 0 Å². The third-order valence-corrected chi connectivity index (χ3v) is 0. The minimum atomic E-state index is -5.61. The van der Waals surface area contributed by atoms with E-state index >= 15 is 0 Å². The summed E-state index contributed by atoms with van der Waals surface area (Å²) in [6.07, 6.45) is 0. The molecule has 0 aliphatic heterocycles. The largest absolute Gasteiger partial charge is 3.00 e. The Morgan fingerprint density at radius 2 is 0.875 bits per heavy atom. The summed E-state index contributed by atoms with van der Waals surface area (Å²) in [6, 6.07) is 0. The SMILES string of the molecule is S.[Al+3].[Na+].[O-][Si]([O-])([O-])[O-]. The average Bonchev–Trinajstić information content (AvgIpc) is 0.722. The first-order valence-electron chi connectivity index (χ1n) is 0.816. The number of hydrogen-bond donors (Lipinski definition) is 0. The van der Waals surface area contributed by atoms with Gasteiger partial charge in [-0.3, -0.25) is 0 Å². The fourth-order valence-corrected chi connectivity index (χ4v) is 0. The molecule has 0 fully saturated rings. The molecule has 8 heteroatoms. The first-order valence-corrected chi connectivity index (χ1v) is 2.45. The van der Waals surface area contributed by atoms with Crippen LogP contribution in [0.4, 0.5) is 0 Å². The van der Waals surface area contributed by atoms with Gasteiger partial charge < -0.3 is 28.2 Å². The van der Waals surface area contributed by atoms with E-state index in [1.165, 1.54) is 0 Å². The Balaban J connectivity index is -0.0000000267. The van der Waals surface area contributed by atoms with Crippen molar-refractivity contribution in [1.29, 1.82) is 0 Å². The zero-order chi connectivity index (χ0) is 4.50. The van der Waals surface area contributed by atoms with Gasteiger partial charge in [0.2, 0.25) is 0 Å². The average molecular weight is 176 g/mol. The van der Waals surface area contributed by atoms with Crippen molar-refractivity contribution in [3.8, 4) is 0 Å². The molecular formula is H2AlNaO4SSi. The van der Waals surface area contributed by atoms with E-state index in [1.54, 1.807) is 0 Å². The molecule has 8 heavy (non-hydrogen) atoms. The second-order valence-electron chi connectivity index (χ2n) is 0.500. The second kappa shape index (κ2) is 8.94. The summed E-state index contributed by atoms with van der Waals surface area (Å²) in [5.41, 5.74) is 0. The molecule has 40 valence electrons. The Kier molecular flexibility index (Phi) is 25.2. The van der Waals surface area contributed by atoms with Gasteiger partial charge in [-0.15, -0.1) is 0 Å². The van der Waals surface area contributed by atoms with Gasteiger partial charge in [0.25, 0.3) is 0 Å². The van der Waals surface area contributed by atoms with Crippen LogP contribution in [-0.4, -0.2) is 26.4 Å². The third-order valence-electron chi connectivity index (χ3n) is 0. The summed E-state index contributed by atoms with van der Waals surface area (Å²) in [6.45, 7) is 0. The zero-order valence-electron chi connectivity index (χ0n) is 4.21. The van der Waals surface area contributed by atoms with E-state index in [0.717, 1.165) is 0 Å². The van der Waals surface area contributed by atoms with E-state index < -0.39 is 9.05 Å². The zero-order valence-corrected chi connectivity index (χ0v) is 9.37. The molecule has 0 aliphatic carbocycles. The normalized spacial score (nSPS) is 7.50. The van der Waals surface area contributed by atoms with Crippen molar-refractivity contribution in [2.24, 2.45) is 0 Å². The molecule has 0 aromatic heterocycles. The first-order chi connectivity index (χ1) is 2.00. The maximum Gasteiger partial charge on any atom is 3.00 e. The minimum Gasteiger partial charge on any atom is -0.894 e. The molecule has 0 amide bonds. The maximum atomic E-state index is 8.58. The van der Waals surface area contributed by atoms with E-state index in [2.05, 4.69) is 0 Å². The Labute approximate surface area is 87.9 Å². The summed E-state index contributed by atoms with van der Waals surface area (Å²) in [4.78, 5) is 34.3. The van der Waals surface area contributed by atoms with Crippen molar-refractivity contribution in [1.82, 2.24) is 0 Å². The summed E-state index contributed by atoms with van der Waals surface area (Å²) in [5.74, 6) is 0. The van der Waals surface area contributed by atoms with E-state index in [0.29, 0.717) is 0 Å². The minimum absolute atomic E-state index is 0. The second-order valence-corrected chi connectivity index (χ2v) is 1.50. The van der Waals surface area contributed by atoms with Crippen LogP contribution in [0.2, 0.25) is 0 Å². The standard InChI is InChI=1S/Al.Na.O4Si.H2S/c;;1-5(2,3)4;/h;;;1H2/q+3;+1;-4;. The molecule has 0 heterocycles. The quantitative estimate of drug-likeness (QED) is 0.342. The van der Waals surface area contributed by atoms with Crippen molar-refractivity contribution in [3.05, 3.63) is 0 Å². The van der Waals surface area contributed by atoms with Gasteiger partial charge in [-0.2, -0.15) is 13.5 Å². The number of rotatable bonds is 0. The predicted octanol–water partition coefficient (Wildman–Crippen LogP) is -8.40. The van der Waals surface area contributed by atoms with E-state index in [4.69, 9.17) is 19.2 Å². The van der Waals surface area contributed by atoms with Crippen LogP contribution in [0.3, 0.4) is 0 Å². The number of hydrogen-bond acceptors (Lipinski definition) is 4. The Morgan fingerprint density at radius 1 is 0.875 bits per heavy atom. The summed E-state index contributed by atoms with van der Waals surface area (Å²) in [7, 11) is -5.61. The maximum absolute atomic E-state index is 8.58. The molecule has 0 aromatic carbocycles. The smallest absolute Gasteiger partial charge is 0.894 e. The molecule has 0 unspecified atom stereocenters. The van der Waals surface area contributed by atoms with E-state index in [9.17, 15) is 0 Å². The van der Waals surface area contributed by atoms with Crippen molar-refractivity contribution in [2.75, 3.05) is 0 Å². The van der Waals surface area contributed by atoms with Gasteiger partial charge in [-0.05, 0) is 0 Å². The topological polar surface area (TPSA) is 92.2 Å².